The molecule has 0 saturated carbocycles. The summed E-state index contributed by atoms with van der Waals surface area (Å²) in [7, 11) is 0. The van der Waals surface area contributed by atoms with Gasteiger partial charge in [-0.15, -0.1) is 0 Å². The highest BCUT2D eigenvalue weighted by molar-refractivity contribution is 5.78. The largest absolute Gasteiger partial charge is 0.454 e. The Bertz CT molecular complexity index is 794. The monoisotopic (exact) mass is 456 g/mol. The molecule has 1 saturated heterocycles. The number of hydrogen-bond donors (Lipinski definition) is 0. The van der Waals surface area contributed by atoms with Crippen molar-refractivity contribution in [1.82, 2.24) is 9.80 Å². The van der Waals surface area contributed by atoms with E-state index in [9.17, 15) is 4.79 Å². The van der Waals surface area contributed by atoms with Crippen molar-refractivity contribution in [2.24, 2.45) is 5.92 Å². The third kappa shape index (κ3) is 7.23. The summed E-state index contributed by atoms with van der Waals surface area (Å²) in [6.07, 6.45) is 8.93. The molecule has 33 heavy (non-hydrogen) atoms. The molecule has 3 rings (SSSR count). The van der Waals surface area contributed by atoms with Crippen molar-refractivity contribution in [2.75, 3.05) is 33.0 Å². The summed E-state index contributed by atoms with van der Waals surface area (Å²) in [4.78, 5) is 17.9. The van der Waals surface area contributed by atoms with Gasteiger partial charge in [-0.2, -0.15) is 0 Å². The molecule has 5 heteroatoms. The first-order valence-electron chi connectivity index (χ1n) is 13.0. The molecule has 1 aromatic rings. The molecule has 0 bridgehead atoms. The topological polar surface area (TPSA) is 42.0 Å². The standard InChI is InChI=1S/C28H44N2O3/c1-6-8-12-29(13-9-7-2)28(31)19-30-18-24(16-25(30)15-22(5)14-21(3)4)23-10-11-26-27(17-23)33-20-32-26/h10-11,14,17,22,24-25H,6-9,12-13,15-16,18-20H2,1-5H3/t22?,24?,25-/m0/s1. The zero-order valence-corrected chi connectivity index (χ0v) is 21.4. The first-order valence-corrected chi connectivity index (χ1v) is 13.0. The van der Waals surface area contributed by atoms with Gasteiger partial charge in [0, 0.05) is 25.7 Å². The third-order valence-electron chi connectivity index (χ3n) is 6.91. The summed E-state index contributed by atoms with van der Waals surface area (Å²) in [6, 6.07) is 6.76. The maximum Gasteiger partial charge on any atom is 0.236 e. The maximum atomic E-state index is 13.4. The fourth-order valence-corrected chi connectivity index (χ4v) is 5.23. The van der Waals surface area contributed by atoms with Crippen molar-refractivity contribution in [3.8, 4) is 11.5 Å². The summed E-state index contributed by atoms with van der Waals surface area (Å²) in [5.74, 6) is 2.89. The van der Waals surface area contributed by atoms with Gasteiger partial charge in [0.2, 0.25) is 12.7 Å². The smallest absolute Gasteiger partial charge is 0.236 e. The van der Waals surface area contributed by atoms with E-state index >= 15 is 0 Å². The Hall–Kier alpha value is -2.01. The van der Waals surface area contributed by atoms with E-state index < -0.39 is 0 Å². The summed E-state index contributed by atoms with van der Waals surface area (Å²) in [5.41, 5.74) is 2.66. The van der Waals surface area contributed by atoms with E-state index in [1.807, 2.05) is 6.07 Å². The lowest BCUT2D eigenvalue weighted by molar-refractivity contribution is -0.132. The second-order valence-corrected chi connectivity index (χ2v) is 10.2. The summed E-state index contributed by atoms with van der Waals surface area (Å²) in [5, 5.41) is 0. The number of unbranched alkanes of at least 4 members (excludes halogenated alkanes) is 2. The molecule has 2 aliphatic rings. The number of likely N-dealkylation sites (tertiary alicyclic amines) is 1. The third-order valence-corrected chi connectivity index (χ3v) is 6.91. The minimum absolute atomic E-state index is 0.295. The number of benzene rings is 1. The number of nitrogens with zero attached hydrogens (tertiary/aromatic N) is 2. The van der Waals surface area contributed by atoms with E-state index in [1.165, 1.54) is 11.1 Å². The second kappa shape index (κ2) is 12.5. The second-order valence-electron chi connectivity index (χ2n) is 10.2. The van der Waals surface area contributed by atoms with Crippen LogP contribution in [0.1, 0.15) is 84.6 Å². The quantitative estimate of drug-likeness (QED) is 0.362. The zero-order valence-electron chi connectivity index (χ0n) is 21.4. The van der Waals surface area contributed by atoms with Gasteiger partial charge in [0.05, 0.1) is 6.54 Å². The number of rotatable bonds is 12. The van der Waals surface area contributed by atoms with Gasteiger partial charge in [0.1, 0.15) is 0 Å². The number of amides is 1. The van der Waals surface area contributed by atoms with E-state index in [-0.39, 0.29) is 0 Å². The summed E-state index contributed by atoms with van der Waals surface area (Å²) < 4.78 is 11.1. The number of carbonyl (C=O) groups is 1. The van der Waals surface area contributed by atoms with Crippen molar-refractivity contribution in [1.29, 1.82) is 0 Å². The molecular formula is C28H44N2O3. The highest BCUT2D eigenvalue weighted by Crippen LogP contribution is 2.39. The fraction of sp³-hybridized carbons (Fsp3) is 0.679. The Kier molecular flexibility index (Phi) is 9.66. The molecule has 0 N–H and O–H groups in total. The summed E-state index contributed by atoms with van der Waals surface area (Å²) >= 11 is 0. The molecule has 1 fully saturated rings. The van der Waals surface area contributed by atoms with Crippen LogP contribution in [0.4, 0.5) is 0 Å². The Balaban J connectivity index is 1.73. The van der Waals surface area contributed by atoms with Crippen LogP contribution in [0.2, 0.25) is 0 Å². The highest BCUT2D eigenvalue weighted by Gasteiger charge is 2.35. The molecule has 2 unspecified atom stereocenters. The van der Waals surface area contributed by atoms with Gasteiger partial charge in [0.15, 0.2) is 11.5 Å². The van der Waals surface area contributed by atoms with E-state index in [0.717, 1.165) is 69.7 Å². The van der Waals surface area contributed by atoms with Crippen LogP contribution in [0.3, 0.4) is 0 Å². The first kappa shape index (κ1) is 25.6. The number of ether oxygens (including phenoxy) is 2. The predicted octanol–water partition coefficient (Wildman–Crippen LogP) is 5.99. The van der Waals surface area contributed by atoms with Crippen LogP contribution in [-0.4, -0.2) is 54.7 Å². The maximum absolute atomic E-state index is 13.4. The molecule has 3 atom stereocenters. The molecular weight excluding hydrogens is 412 g/mol. The Morgan fingerprint density at radius 1 is 1.15 bits per heavy atom. The minimum atomic E-state index is 0.295. The van der Waals surface area contributed by atoms with Crippen molar-refractivity contribution < 1.29 is 14.3 Å². The normalized spacial score (nSPS) is 20.6. The predicted molar refractivity (Wildman–Crippen MR) is 135 cm³/mol. The first-order chi connectivity index (χ1) is 15.9. The van der Waals surface area contributed by atoms with Gasteiger partial charge < -0.3 is 14.4 Å². The molecule has 0 aromatic heterocycles. The number of carbonyl (C=O) groups excluding carboxylic acids is 1. The van der Waals surface area contributed by atoms with Crippen LogP contribution in [0.15, 0.2) is 29.8 Å². The van der Waals surface area contributed by atoms with E-state index in [2.05, 4.69) is 62.6 Å². The summed E-state index contributed by atoms with van der Waals surface area (Å²) in [6.45, 7) is 14.5. The van der Waals surface area contributed by atoms with Gasteiger partial charge >= 0.3 is 0 Å². The molecule has 0 spiro atoms. The minimum Gasteiger partial charge on any atom is -0.454 e. The Labute approximate surface area is 201 Å². The van der Waals surface area contributed by atoms with E-state index in [0.29, 0.717) is 37.1 Å². The Morgan fingerprint density at radius 2 is 1.85 bits per heavy atom. The number of allylic oxidation sites excluding steroid dienone is 2. The lowest BCUT2D eigenvalue weighted by Crippen LogP contribution is -2.43. The van der Waals surface area contributed by atoms with Crippen LogP contribution < -0.4 is 9.47 Å². The average molecular weight is 457 g/mol. The van der Waals surface area contributed by atoms with Crippen molar-refractivity contribution in [2.45, 2.75) is 85.1 Å². The Morgan fingerprint density at radius 3 is 2.52 bits per heavy atom. The molecule has 184 valence electrons. The molecule has 0 aliphatic carbocycles. The van der Waals surface area contributed by atoms with Gasteiger partial charge in [-0.3, -0.25) is 9.69 Å². The van der Waals surface area contributed by atoms with Crippen LogP contribution in [-0.2, 0) is 4.79 Å². The fourth-order valence-electron chi connectivity index (χ4n) is 5.23. The van der Waals surface area contributed by atoms with E-state index in [1.54, 1.807) is 0 Å². The average Bonchev–Trinajstić information content (AvgIpc) is 3.39. The van der Waals surface area contributed by atoms with Crippen molar-refractivity contribution in [3.05, 3.63) is 35.4 Å². The van der Waals surface area contributed by atoms with Gasteiger partial charge in [-0.05, 0) is 69.1 Å². The van der Waals surface area contributed by atoms with Gasteiger partial charge in [-0.1, -0.05) is 51.3 Å². The lowest BCUT2D eigenvalue weighted by Gasteiger charge is -2.29. The van der Waals surface area contributed by atoms with E-state index in [4.69, 9.17) is 9.47 Å². The van der Waals surface area contributed by atoms with Gasteiger partial charge in [0.25, 0.3) is 0 Å². The highest BCUT2D eigenvalue weighted by atomic mass is 16.7. The molecule has 2 heterocycles. The van der Waals surface area contributed by atoms with Crippen LogP contribution >= 0.6 is 0 Å². The SMILES string of the molecule is CCCCN(CCCC)C(=O)CN1CC(c2ccc3c(c2)OCO3)C[C@@H]1CC(C)C=C(C)C. The zero-order chi connectivity index (χ0) is 23.8. The molecule has 2 aliphatic heterocycles. The van der Waals surface area contributed by atoms with Crippen LogP contribution in [0.25, 0.3) is 0 Å². The number of hydrogen-bond acceptors (Lipinski definition) is 4. The molecule has 5 nitrogen and oxygen atoms in total. The van der Waals surface area contributed by atoms with Crippen molar-refractivity contribution in [3.63, 3.8) is 0 Å². The van der Waals surface area contributed by atoms with Crippen LogP contribution in [0, 0.1) is 5.92 Å². The van der Waals surface area contributed by atoms with Crippen LogP contribution in [0.5, 0.6) is 11.5 Å². The molecule has 0 radical (unpaired) electrons. The molecule has 1 aromatic carbocycles. The number of fused-ring (bicyclic) bond motifs is 1. The lowest BCUT2D eigenvalue weighted by atomic mass is 9.92. The van der Waals surface area contributed by atoms with Crippen molar-refractivity contribution >= 4 is 5.91 Å². The molecule has 1 amide bonds. The van der Waals surface area contributed by atoms with Gasteiger partial charge in [-0.25, -0.2) is 0 Å².